The van der Waals surface area contributed by atoms with Crippen LogP contribution in [0.4, 0.5) is 0 Å². The van der Waals surface area contributed by atoms with Gasteiger partial charge in [-0.15, -0.1) is 0 Å². The van der Waals surface area contributed by atoms with Crippen molar-refractivity contribution in [2.75, 3.05) is 27.4 Å². The van der Waals surface area contributed by atoms with E-state index in [1.165, 1.54) is 64.2 Å². The summed E-state index contributed by atoms with van der Waals surface area (Å²) in [6, 6.07) is 0. The topological polar surface area (TPSA) is 18.5 Å². The molecule has 2 heteroatoms. The zero-order valence-electron chi connectivity index (χ0n) is 11.3. The van der Waals surface area contributed by atoms with Crippen LogP contribution in [-0.2, 0) is 9.47 Å². The Bertz CT molecular complexity index is 101. The largest absolute Gasteiger partial charge is 0.385 e. The average molecular weight is 246 g/mol. The molecule has 0 aromatic carbocycles. The molecule has 0 aliphatic rings. The number of ether oxygens (including phenoxy) is 2. The molecule has 0 heterocycles. The normalized spacial score (nSPS) is 10.2. The monoisotopic (exact) mass is 246 g/mol. The molecule has 17 heavy (non-hydrogen) atoms. The SMILES string of the molecule is C.COCCCCCCCCCCCCOC. The highest BCUT2D eigenvalue weighted by Crippen LogP contribution is 2.10. The molecule has 0 aliphatic heterocycles. The summed E-state index contributed by atoms with van der Waals surface area (Å²) in [5, 5.41) is 0. The Balaban J connectivity index is 0. The van der Waals surface area contributed by atoms with Crippen molar-refractivity contribution in [2.45, 2.75) is 71.6 Å². The highest BCUT2D eigenvalue weighted by atomic mass is 16.5. The van der Waals surface area contributed by atoms with Crippen LogP contribution in [0.3, 0.4) is 0 Å². The van der Waals surface area contributed by atoms with Crippen LogP contribution >= 0.6 is 0 Å². The molecule has 0 amide bonds. The van der Waals surface area contributed by atoms with E-state index in [1.54, 1.807) is 14.2 Å². The molecule has 106 valence electrons. The van der Waals surface area contributed by atoms with E-state index < -0.39 is 0 Å². The Morgan fingerprint density at radius 2 is 0.706 bits per heavy atom. The van der Waals surface area contributed by atoms with E-state index in [0.717, 1.165) is 13.2 Å². The van der Waals surface area contributed by atoms with E-state index in [2.05, 4.69) is 0 Å². The third-order valence-corrected chi connectivity index (χ3v) is 2.95. The van der Waals surface area contributed by atoms with Crippen molar-refractivity contribution in [3.8, 4) is 0 Å². The van der Waals surface area contributed by atoms with Crippen LogP contribution in [0, 0.1) is 0 Å². The van der Waals surface area contributed by atoms with Crippen LogP contribution in [-0.4, -0.2) is 27.4 Å². The predicted molar refractivity (Wildman–Crippen MR) is 76.7 cm³/mol. The molecule has 0 unspecified atom stereocenters. The number of rotatable bonds is 13. The van der Waals surface area contributed by atoms with E-state index in [9.17, 15) is 0 Å². The van der Waals surface area contributed by atoms with Crippen LogP contribution in [0.2, 0.25) is 0 Å². The number of hydrogen-bond acceptors (Lipinski definition) is 2. The highest BCUT2D eigenvalue weighted by Gasteiger charge is 1.92. The maximum Gasteiger partial charge on any atom is 0.0462 e. The summed E-state index contributed by atoms with van der Waals surface area (Å²) in [6.07, 6.45) is 13.5. The zero-order chi connectivity index (χ0) is 11.9. The Morgan fingerprint density at radius 3 is 0.941 bits per heavy atom. The third kappa shape index (κ3) is 18.5. The van der Waals surface area contributed by atoms with Gasteiger partial charge in [0, 0.05) is 27.4 Å². The lowest BCUT2D eigenvalue weighted by atomic mass is 10.1. The van der Waals surface area contributed by atoms with Crippen LogP contribution in [0.1, 0.15) is 71.6 Å². The molecule has 0 N–H and O–H groups in total. The molecular weight excluding hydrogens is 212 g/mol. The van der Waals surface area contributed by atoms with Gasteiger partial charge in [-0.3, -0.25) is 0 Å². The Kier molecular flexibility index (Phi) is 20.7. The first-order chi connectivity index (χ1) is 7.91. The predicted octanol–water partition coefficient (Wildman–Crippen LogP) is 4.82. The van der Waals surface area contributed by atoms with Crippen LogP contribution in [0.5, 0.6) is 0 Å². The number of hydrogen-bond donors (Lipinski definition) is 0. The zero-order valence-corrected chi connectivity index (χ0v) is 11.3. The van der Waals surface area contributed by atoms with Crippen molar-refractivity contribution in [1.82, 2.24) is 0 Å². The Labute approximate surface area is 109 Å². The second-order valence-corrected chi connectivity index (χ2v) is 4.52. The van der Waals surface area contributed by atoms with E-state index >= 15 is 0 Å². The fourth-order valence-corrected chi connectivity index (χ4v) is 1.91. The van der Waals surface area contributed by atoms with Crippen LogP contribution < -0.4 is 0 Å². The van der Waals surface area contributed by atoms with Gasteiger partial charge >= 0.3 is 0 Å². The molecule has 0 rings (SSSR count). The van der Waals surface area contributed by atoms with Crippen molar-refractivity contribution >= 4 is 0 Å². The van der Waals surface area contributed by atoms with Gasteiger partial charge in [-0.25, -0.2) is 0 Å². The lowest BCUT2D eigenvalue weighted by molar-refractivity contribution is 0.191. The second kappa shape index (κ2) is 18.3. The summed E-state index contributed by atoms with van der Waals surface area (Å²) in [7, 11) is 3.56. The quantitative estimate of drug-likeness (QED) is 0.434. The second-order valence-electron chi connectivity index (χ2n) is 4.52. The van der Waals surface area contributed by atoms with Gasteiger partial charge in [0.1, 0.15) is 0 Å². The molecule has 0 aromatic rings. The minimum atomic E-state index is 0. The summed E-state index contributed by atoms with van der Waals surface area (Å²) in [5.41, 5.74) is 0. The van der Waals surface area contributed by atoms with Crippen molar-refractivity contribution in [2.24, 2.45) is 0 Å². The van der Waals surface area contributed by atoms with Crippen molar-refractivity contribution in [3.05, 3.63) is 0 Å². The summed E-state index contributed by atoms with van der Waals surface area (Å²) >= 11 is 0. The Hall–Kier alpha value is -0.0800. The maximum atomic E-state index is 5.02. The molecule has 0 atom stereocenters. The third-order valence-electron chi connectivity index (χ3n) is 2.95. The first-order valence-corrected chi connectivity index (χ1v) is 6.89. The lowest BCUT2D eigenvalue weighted by Crippen LogP contribution is -1.89. The van der Waals surface area contributed by atoms with Gasteiger partial charge in [0.05, 0.1) is 0 Å². The molecule has 0 fully saturated rings. The van der Waals surface area contributed by atoms with Gasteiger partial charge in [-0.2, -0.15) is 0 Å². The molecule has 0 aromatic heterocycles. The van der Waals surface area contributed by atoms with Crippen LogP contribution in [0.25, 0.3) is 0 Å². The number of unbranched alkanes of at least 4 members (excludes halogenated alkanes) is 9. The van der Waals surface area contributed by atoms with Gasteiger partial charge in [0.25, 0.3) is 0 Å². The molecular formula is C15H34O2. The minimum Gasteiger partial charge on any atom is -0.385 e. The van der Waals surface area contributed by atoms with Crippen molar-refractivity contribution in [1.29, 1.82) is 0 Å². The van der Waals surface area contributed by atoms with Gasteiger partial charge in [-0.05, 0) is 12.8 Å². The van der Waals surface area contributed by atoms with Gasteiger partial charge < -0.3 is 9.47 Å². The van der Waals surface area contributed by atoms with Crippen LogP contribution in [0.15, 0.2) is 0 Å². The Morgan fingerprint density at radius 1 is 0.471 bits per heavy atom. The van der Waals surface area contributed by atoms with E-state index in [4.69, 9.17) is 9.47 Å². The maximum absolute atomic E-state index is 5.02. The summed E-state index contributed by atoms with van der Waals surface area (Å²) in [6.45, 7) is 1.86. The summed E-state index contributed by atoms with van der Waals surface area (Å²) in [4.78, 5) is 0. The molecule has 0 radical (unpaired) electrons. The fraction of sp³-hybridized carbons (Fsp3) is 1.00. The van der Waals surface area contributed by atoms with Crippen molar-refractivity contribution < 1.29 is 9.47 Å². The van der Waals surface area contributed by atoms with Gasteiger partial charge in [-0.1, -0.05) is 58.8 Å². The summed E-state index contributed by atoms with van der Waals surface area (Å²) < 4.78 is 10.0. The minimum absolute atomic E-state index is 0. The smallest absolute Gasteiger partial charge is 0.0462 e. The van der Waals surface area contributed by atoms with E-state index in [1.807, 2.05) is 0 Å². The first kappa shape index (κ1) is 19.3. The van der Waals surface area contributed by atoms with Gasteiger partial charge in [0.15, 0.2) is 0 Å². The first-order valence-electron chi connectivity index (χ1n) is 6.89. The van der Waals surface area contributed by atoms with E-state index in [-0.39, 0.29) is 7.43 Å². The molecule has 0 bridgehead atoms. The summed E-state index contributed by atoms with van der Waals surface area (Å²) in [5.74, 6) is 0. The number of methoxy groups -OCH3 is 2. The highest BCUT2D eigenvalue weighted by molar-refractivity contribution is 4.47. The lowest BCUT2D eigenvalue weighted by Gasteiger charge is -2.02. The molecule has 0 saturated carbocycles. The standard InChI is InChI=1S/C14H30O2.CH4/c1-15-13-11-9-7-5-3-4-6-8-10-12-14-16-2;/h3-14H2,1-2H3;1H4. The molecule has 0 aliphatic carbocycles. The molecule has 0 spiro atoms. The van der Waals surface area contributed by atoms with Gasteiger partial charge in [0.2, 0.25) is 0 Å². The van der Waals surface area contributed by atoms with Crippen molar-refractivity contribution in [3.63, 3.8) is 0 Å². The molecule has 2 nitrogen and oxygen atoms in total. The average Bonchev–Trinajstić information content (AvgIpc) is 2.31. The van der Waals surface area contributed by atoms with E-state index in [0.29, 0.717) is 0 Å². The fourth-order valence-electron chi connectivity index (χ4n) is 1.91. The molecule has 0 saturated heterocycles.